The van der Waals surface area contributed by atoms with Crippen molar-refractivity contribution in [3.05, 3.63) is 57.5 Å². The summed E-state index contributed by atoms with van der Waals surface area (Å²) in [7, 11) is 0. The number of non-ortho nitro benzene ring substituents is 1. The number of phenolic OH excluding ortho intramolecular Hbond substituents is 1. The van der Waals surface area contributed by atoms with Gasteiger partial charge in [0.15, 0.2) is 0 Å². The molecule has 0 aliphatic heterocycles. The standard InChI is InChI=1S/C15H16N2O4/c18-14-5-4-11(17(19)20)8-10(14)9-16-13-2-1-3-15-12(13)6-7-21-15/h4-8,13,16,18H,1-3,9H2. The zero-order valence-electron chi connectivity index (χ0n) is 11.4. The average molecular weight is 288 g/mol. The van der Waals surface area contributed by atoms with Gasteiger partial charge in [-0.3, -0.25) is 10.1 Å². The number of rotatable bonds is 4. The Morgan fingerprint density at radius 2 is 2.29 bits per heavy atom. The molecular formula is C15H16N2O4. The minimum atomic E-state index is -0.461. The van der Waals surface area contributed by atoms with E-state index in [1.807, 2.05) is 6.07 Å². The first kappa shape index (κ1) is 13.6. The van der Waals surface area contributed by atoms with E-state index in [4.69, 9.17) is 4.42 Å². The molecule has 1 atom stereocenters. The molecule has 21 heavy (non-hydrogen) atoms. The van der Waals surface area contributed by atoms with Crippen LogP contribution in [0.15, 0.2) is 34.9 Å². The Kier molecular flexibility index (Phi) is 3.62. The highest BCUT2D eigenvalue weighted by atomic mass is 16.6. The van der Waals surface area contributed by atoms with Gasteiger partial charge in [0.1, 0.15) is 11.5 Å². The summed E-state index contributed by atoms with van der Waals surface area (Å²) in [6.45, 7) is 0.378. The van der Waals surface area contributed by atoms with E-state index < -0.39 is 4.92 Å². The molecule has 0 bridgehead atoms. The first-order valence-electron chi connectivity index (χ1n) is 6.91. The molecule has 3 rings (SSSR count). The van der Waals surface area contributed by atoms with Gasteiger partial charge in [-0.15, -0.1) is 0 Å². The monoisotopic (exact) mass is 288 g/mol. The number of benzene rings is 1. The third-order valence-electron chi connectivity index (χ3n) is 3.86. The lowest BCUT2D eigenvalue weighted by Gasteiger charge is -2.23. The molecule has 1 aromatic carbocycles. The Bertz CT molecular complexity index is 665. The van der Waals surface area contributed by atoms with Crippen molar-refractivity contribution in [3.8, 4) is 5.75 Å². The number of nitrogens with zero attached hydrogens (tertiary/aromatic N) is 1. The number of nitrogens with one attached hydrogen (secondary N) is 1. The molecule has 1 unspecified atom stereocenters. The number of hydrogen-bond donors (Lipinski definition) is 2. The topological polar surface area (TPSA) is 88.5 Å². The van der Waals surface area contributed by atoms with Gasteiger partial charge in [-0.1, -0.05) is 0 Å². The summed E-state index contributed by atoms with van der Waals surface area (Å²) in [5.41, 5.74) is 1.66. The molecule has 1 aliphatic carbocycles. The fourth-order valence-electron chi connectivity index (χ4n) is 2.76. The number of furan rings is 1. The maximum Gasteiger partial charge on any atom is 0.270 e. The molecule has 0 radical (unpaired) electrons. The summed E-state index contributed by atoms with van der Waals surface area (Å²) in [4.78, 5) is 10.3. The van der Waals surface area contributed by atoms with Gasteiger partial charge in [0, 0.05) is 42.3 Å². The number of nitro groups is 1. The van der Waals surface area contributed by atoms with Crippen molar-refractivity contribution in [2.24, 2.45) is 0 Å². The van der Waals surface area contributed by atoms with Crippen LogP contribution in [0.2, 0.25) is 0 Å². The summed E-state index contributed by atoms with van der Waals surface area (Å²) in [6.07, 6.45) is 4.67. The quantitative estimate of drug-likeness (QED) is 0.666. The lowest BCUT2D eigenvalue weighted by atomic mass is 9.93. The molecule has 110 valence electrons. The Labute approximate surface area is 121 Å². The summed E-state index contributed by atoms with van der Waals surface area (Å²) in [5, 5.41) is 24.0. The smallest absolute Gasteiger partial charge is 0.270 e. The normalized spacial score (nSPS) is 17.4. The second-order valence-electron chi connectivity index (χ2n) is 5.19. The van der Waals surface area contributed by atoms with Crippen LogP contribution in [0.1, 0.15) is 35.8 Å². The predicted octanol–water partition coefficient (Wildman–Crippen LogP) is 3.06. The lowest BCUT2D eigenvalue weighted by Crippen LogP contribution is -2.24. The highest BCUT2D eigenvalue weighted by Crippen LogP contribution is 2.31. The molecule has 0 saturated heterocycles. The third kappa shape index (κ3) is 2.75. The van der Waals surface area contributed by atoms with Crippen LogP contribution in [0.25, 0.3) is 0 Å². The number of aromatic hydroxyl groups is 1. The van der Waals surface area contributed by atoms with Crippen LogP contribution in [0.4, 0.5) is 5.69 Å². The van der Waals surface area contributed by atoms with Gasteiger partial charge in [0.2, 0.25) is 0 Å². The molecule has 0 spiro atoms. The molecular weight excluding hydrogens is 272 g/mol. The number of aryl methyl sites for hydroxylation is 1. The zero-order chi connectivity index (χ0) is 14.8. The van der Waals surface area contributed by atoms with Crippen molar-refractivity contribution in [1.29, 1.82) is 0 Å². The Morgan fingerprint density at radius 1 is 1.43 bits per heavy atom. The zero-order valence-corrected chi connectivity index (χ0v) is 11.4. The molecule has 6 heteroatoms. The number of phenols is 1. The van der Waals surface area contributed by atoms with Crippen molar-refractivity contribution in [1.82, 2.24) is 5.32 Å². The van der Waals surface area contributed by atoms with Gasteiger partial charge < -0.3 is 14.8 Å². The fourth-order valence-corrected chi connectivity index (χ4v) is 2.76. The number of hydrogen-bond acceptors (Lipinski definition) is 5. The molecule has 1 heterocycles. The summed E-state index contributed by atoms with van der Waals surface area (Å²) >= 11 is 0. The summed E-state index contributed by atoms with van der Waals surface area (Å²) in [5.74, 6) is 1.07. The minimum absolute atomic E-state index is 0.0164. The largest absolute Gasteiger partial charge is 0.508 e. The second-order valence-corrected chi connectivity index (χ2v) is 5.19. The first-order chi connectivity index (χ1) is 10.1. The van der Waals surface area contributed by atoms with Crippen molar-refractivity contribution in [3.63, 3.8) is 0 Å². The van der Waals surface area contributed by atoms with E-state index in [1.54, 1.807) is 6.26 Å². The maximum absolute atomic E-state index is 10.8. The van der Waals surface area contributed by atoms with Gasteiger partial charge >= 0.3 is 0 Å². The molecule has 0 fully saturated rings. The SMILES string of the molecule is O=[N+]([O-])c1ccc(O)c(CNC2CCCc3occc32)c1. The predicted molar refractivity (Wildman–Crippen MR) is 76.0 cm³/mol. The van der Waals surface area contributed by atoms with Gasteiger partial charge in [0.25, 0.3) is 5.69 Å². The highest BCUT2D eigenvalue weighted by Gasteiger charge is 2.22. The highest BCUT2D eigenvalue weighted by molar-refractivity contribution is 5.43. The van der Waals surface area contributed by atoms with Crippen LogP contribution < -0.4 is 5.32 Å². The van der Waals surface area contributed by atoms with E-state index in [9.17, 15) is 15.2 Å². The van der Waals surface area contributed by atoms with Crippen molar-refractivity contribution in [2.75, 3.05) is 0 Å². The van der Waals surface area contributed by atoms with E-state index >= 15 is 0 Å². The Balaban J connectivity index is 1.74. The number of nitro benzene ring substituents is 1. The molecule has 2 aromatic rings. The lowest BCUT2D eigenvalue weighted by molar-refractivity contribution is -0.384. The van der Waals surface area contributed by atoms with Gasteiger partial charge in [0.05, 0.1) is 11.2 Å². The molecule has 1 aromatic heterocycles. The van der Waals surface area contributed by atoms with E-state index in [0.717, 1.165) is 30.6 Å². The van der Waals surface area contributed by atoms with E-state index in [1.165, 1.54) is 18.2 Å². The van der Waals surface area contributed by atoms with Crippen molar-refractivity contribution >= 4 is 5.69 Å². The molecule has 6 nitrogen and oxygen atoms in total. The molecule has 0 saturated carbocycles. The van der Waals surface area contributed by atoms with Crippen LogP contribution >= 0.6 is 0 Å². The van der Waals surface area contributed by atoms with Gasteiger partial charge in [-0.05, 0) is 25.0 Å². The summed E-state index contributed by atoms with van der Waals surface area (Å²) in [6, 6.07) is 6.18. The van der Waals surface area contributed by atoms with E-state index in [2.05, 4.69) is 5.32 Å². The van der Waals surface area contributed by atoms with E-state index in [-0.39, 0.29) is 17.5 Å². The van der Waals surface area contributed by atoms with Crippen molar-refractivity contribution in [2.45, 2.75) is 31.8 Å². The van der Waals surface area contributed by atoms with E-state index in [0.29, 0.717) is 12.1 Å². The van der Waals surface area contributed by atoms with Gasteiger partial charge in [-0.2, -0.15) is 0 Å². The maximum atomic E-state index is 10.8. The first-order valence-corrected chi connectivity index (χ1v) is 6.91. The van der Waals surface area contributed by atoms with Crippen LogP contribution in [0.5, 0.6) is 5.75 Å². The number of fused-ring (bicyclic) bond motifs is 1. The van der Waals surface area contributed by atoms with Crippen LogP contribution in [-0.2, 0) is 13.0 Å². The van der Waals surface area contributed by atoms with Gasteiger partial charge in [-0.25, -0.2) is 0 Å². The molecule has 1 aliphatic rings. The van der Waals surface area contributed by atoms with Crippen LogP contribution in [0.3, 0.4) is 0 Å². The Hall–Kier alpha value is -2.34. The molecule has 0 amide bonds. The third-order valence-corrected chi connectivity index (χ3v) is 3.86. The van der Waals surface area contributed by atoms with Crippen LogP contribution in [0, 0.1) is 10.1 Å². The fraction of sp³-hybridized carbons (Fsp3) is 0.333. The average Bonchev–Trinajstić information content (AvgIpc) is 2.95. The summed E-state index contributed by atoms with van der Waals surface area (Å²) < 4.78 is 5.43. The second kappa shape index (κ2) is 5.57. The van der Waals surface area contributed by atoms with Crippen LogP contribution in [-0.4, -0.2) is 10.0 Å². The Morgan fingerprint density at radius 3 is 3.10 bits per heavy atom. The minimum Gasteiger partial charge on any atom is -0.508 e. The molecule has 2 N–H and O–H groups in total. The van der Waals surface area contributed by atoms with Crippen molar-refractivity contribution < 1.29 is 14.4 Å².